The SMILES string of the molecule is CC(C)(C)OC(=O)N1C(=O)CC1C=Cc1cccc([N+](=O)[O-])c1. The van der Waals surface area contributed by atoms with Crippen molar-refractivity contribution in [2.45, 2.75) is 38.8 Å². The number of carbonyl (C=O) groups excluding carboxylic acids is 2. The number of β-lactam (4-membered cyclic amide) rings is 1. The molecular formula is C16H18N2O5. The molecule has 2 rings (SSSR count). The van der Waals surface area contributed by atoms with Crippen LogP contribution in [0, 0.1) is 10.1 Å². The van der Waals surface area contributed by atoms with E-state index in [-0.39, 0.29) is 18.0 Å². The molecule has 1 aromatic rings. The second kappa shape index (κ2) is 6.20. The number of hydrogen-bond donors (Lipinski definition) is 0. The van der Waals surface area contributed by atoms with Crippen LogP contribution in [0.2, 0.25) is 0 Å². The molecule has 0 bridgehead atoms. The van der Waals surface area contributed by atoms with Crippen LogP contribution in [0.5, 0.6) is 0 Å². The van der Waals surface area contributed by atoms with Gasteiger partial charge in [-0.3, -0.25) is 14.9 Å². The number of imide groups is 1. The molecule has 122 valence electrons. The van der Waals surface area contributed by atoms with Crippen LogP contribution in [0.4, 0.5) is 10.5 Å². The number of rotatable bonds is 3. The number of hydrogen-bond acceptors (Lipinski definition) is 5. The van der Waals surface area contributed by atoms with Gasteiger partial charge in [-0.1, -0.05) is 24.3 Å². The van der Waals surface area contributed by atoms with Crippen LogP contribution in [0.25, 0.3) is 6.08 Å². The predicted molar refractivity (Wildman–Crippen MR) is 83.6 cm³/mol. The van der Waals surface area contributed by atoms with Gasteiger partial charge in [-0.2, -0.15) is 0 Å². The van der Waals surface area contributed by atoms with Gasteiger partial charge in [-0.15, -0.1) is 0 Å². The van der Waals surface area contributed by atoms with E-state index in [1.807, 2.05) is 0 Å². The zero-order valence-electron chi connectivity index (χ0n) is 13.2. The first kappa shape index (κ1) is 16.7. The highest BCUT2D eigenvalue weighted by Crippen LogP contribution is 2.25. The molecule has 7 nitrogen and oxygen atoms in total. The van der Waals surface area contributed by atoms with Crippen LogP contribution < -0.4 is 0 Å². The van der Waals surface area contributed by atoms with E-state index in [0.717, 1.165) is 4.90 Å². The van der Waals surface area contributed by atoms with Gasteiger partial charge in [0, 0.05) is 12.1 Å². The van der Waals surface area contributed by atoms with Gasteiger partial charge in [-0.25, -0.2) is 9.69 Å². The summed E-state index contributed by atoms with van der Waals surface area (Å²) in [6.45, 7) is 5.18. The molecular weight excluding hydrogens is 300 g/mol. The number of benzene rings is 1. The van der Waals surface area contributed by atoms with Gasteiger partial charge in [0.25, 0.3) is 5.69 Å². The second-order valence-corrected chi connectivity index (χ2v) is 6.23. The van der Waals surface area contributed by atoms with Crippen LogP contribution in [-0.2, 0) is 9.53 Å². The molecule has 1 unspecified atom stereocenters. The molecule has 2 amide bonds. The highest BCUT2D eigenvalue weighted by atomic mass is 16.6. The molecule has 23 heavy (non-hydrogen) atoms. The van der Waals surface area contributed by atoms with Crippen LogP contribution in [0.15, 0.2) is 30.3 Å². The van der Waals surface area contributed by atoms with Gasteiger partial charge < -0.3 is 4.74 Å². The average Bonchev–Trinajstić information content (AvgIpc) is 2.41. The maximum absolute atomic E-state index is 12.0. The highest BCUT2D eigenvalue weighted by molar-refractivity contribution is 5.98. The number of nitrogens with zero attached hydrogens (tertiary/aromatic N) is 2. The van der Waals surface area contributed by atoms with E-state index in [9.17, 15) is 19.7 Å². The van der Waals surface area contributed by atoms with Crippen molar-refractivity contribution in [3.8, 4) is 0 Å². The third-order valence-electron chi connectivity index (χ3n) is 3.17. The Morgan fingerprint density at radius 3 is 2.70 bits per heavy atom. The quantitative estimate of drug-likeness (QED) is 0.485. The summed E-state index contributed by atoms with van der Waals surface area (Å²) in [6.07, 6.45) is 2.86. The Labute approximate surface area is 133 Å². The fourth-order valence-electron chi connectivity index (χ4n) is 2.11. The Morgan fingerprint density at radius 2 is 2.13 bits per heavy atom. The lowest BCUT2D eigenvalue weighted by atomic mass is 10.0. The molecule has 1 fully saturated rings. The summed E-state index contributed by atoms with van der Waals surface area (Å²) in [4.78, 5) is 34.9. The molecule has 0 saturated carbocycles. The molecule has 0 radical (unpaired) electrons. The summed E-state index contributed by atoms with van der Waals surface area (Å²) >= 11 is 0. The predicted octanol–water partition coefficient (Wildman–Crippen LogP) is 3.14. The monoisotopic (exact) mass is 318 g/mol. The van der Waals surface area contributed by atoms with Gasteiger partial charge >= 0.3 is 6.09 Å². The molecule has 0 aliphatic carbocycles. The van der Waals surface area contributed by atoms with E-state index in [2.05, 4.69) is 0 Å². The number of likely N-dealkylation sites (tertiary alicyclic amines) is 1. The topological polar surface area (TPSA) is 89.8 Å². The molecule has 1 atom stereocenters. The van der Waals surface area contributed by atoms with E-state index in [1.165, 1.54) is 12.1 Å². The Morgan fingerprint density at radius 1 is 1.43 bits per heavy atom. The molecule has 1 saturated heterocycles. The molecule has 1 aliphatic rings. The lowest BCUT2D eigenvalue weighted by molar-refractivity contribution is -0.384. The first-order valence-electron chi connectivity index (χ1n) is 7.15. The van der Waals surface area contributed by atoms with Crippen LogP contribution in [0.1, 0.15) is 32.8 Å². The summed E-state index contributed by atoms with van der Waals surface area (Å²) in [5.74, 6) is -0.298. The van der Waals surface area contributed by atoms with Gasteiger partial charge in [-0.05, 0) is 26.3 Å². The van der Waals surface area contributed by atoms with Gasteiger partial charge in [0.15, 0.2) is 0 Å². The summed E-state index contributed by atoms with van der Waals surface area (Å²) in [6, 6.07) is 5.72. The van der Waals surface area contributed by atoms with Crippen molar-refractivity contribution in [2.24, 2.45) is 0 Å². The zero-order chi connectivity index (χ0) is 17.2. The number of nitro groups is 1. The molecule has 1 aliphatic heterocycles. The largest absolute Gasteiger partial charge is 0.443 e. The first-order valence-corrected chi connectivity index (χ1v) is 7.15. The van der Waals surface area contributed by atoms with Gasteiger partial charge in [0.1, 0.15) is 5.60 Å². The third-order valence-corrected chi connectivity index (χ3v) is 3.17. The normalized spacial score (nSPS) is 18.0. The van der Waals surface area contributed by atoms with E-state index in [4.69, 9.17) is 4.74 Å². The van der Waals surface area contributed by atoms with Crippen LogP contribution in [0.3, 0.4) is 0 Å². The van der Waals surface area contributed by atoms with Crippen molar-refractivity contribution >= 4 is 23.8 Å². The van der Waals surface area contributed by atoms with Gasteiger partial charge in [0.05, 0.1) is 17.4 Å². The molecule has 1 aromatic carbocycles. The van der Waals surface area contributed by atoms with Crippen molar-refractivity contribution in [2.75, 3.05) is 0 Å². The number of carbonyl (C=O) groups is 2. The van der Waals surface area contributed by atoms with Crippen LogP contribution in [-0.4, -0.2) is 33.5 Å². The Bertz CT molecular complexity index is 675. The minimum absolute atomic E-state index is 0.0131. The maximum Gasteiger partial charge on any atom is 0.417 e. The molecule has 0 spiro atoms. The number of ether oxygens (including phenoxy) is 1. The van der Waals surface area contributed by atoms with E-state index >= 15 is 0 Å². The van der Waals surface area contributed by atoms with Crippen molar-refractivity contribution in [1.29, 1.82) is 0 Å². The molecule has 0 N–H and O–H groups in total. The number of non-ortho nitro benzene ring substituents is 1. The van der Waals surface area contributed by atoms with Gasteiger partial charge in [0.2, 0.25) is 5.91 Å². The van der Waals surface area contributed by atoms with E-state index in [0.29, 0.717) is 5.56 Å². The first-order chi connectivity index (χ1) is 10.7. The fraction of sp³-hybridized carbons (Fsp3) is 0.375. The van der Waals surface area contributed by atoms with E-state index < -0.39 is 22.7 Å². The summed E-state index contributed by atoms with van der Waals surface area (Å²) < 4.78 is 5.19. The zero-order valence-corrected chi connectivity index (χ0v) is 13.2. The Hall–Kier alpha value is -2.70. The van der Waals surface area contributed by atoms with Crippen LogP contribution >= 0.6 is 0 Å². The molecule has 7 heteroatoms. The standard InChI is InChI=1S/C16H18N2O5/c1-16(2,3)23-15(20)17-12(10-14(17)19)8-7-11-5-4-6-13(9-11)18(21)22/h4-9,12H,10H2,1-3H3. The number of nitro benzene ring substituents is 1. The van der Waals surface area contributed by atoms with Crippen molar-refractivity contribution < 1.29 is 19.2 Å². The summed E-state index contributed by atoms with van der Waals surface area (Å²) in [5.41, 5.74) is -0.0649. The van der Waals surface area contributed by atoms with E-state index in [1.54, 1.807) is 45.1 Å². The lowest BCUT2D eigenvalue weighted by Gasteiger charge is -2.37. The van der Waals surface area contributed by atoms with Crippen molar-refractivity contribution in [3.63, 3.8) is 0 Å². The fourth-order valence-corrected chi connectivity index (χ4v) is 2.11. The number of amides is 2. The van der Waals surface area contributed by atoms with Crippen molar-refractivity contribution in [1.82, 2.24) is 4.90 Å². The molecule has 0 aromatic heterocycles. The minimum Gasteiger partial charge on any atom is -0.443 e. The smallest absolute Gasteiger partial charge is 0.417 e. The Balaban J connectivity index is 2.08. The highest BCUT2D eigenvalue weighted by Gasteiger charge is 2.41. The summed E-state index contributed by atoms with van der Waals surface area (Å²) in [7, 11) is 0. The maximum atomic E-state index is 12.0. The Kier molecular flexibility index (Phi) is 4.49. The third kappa shape index (κ3) is 4.15. The molecule has 1 heterocycles. The minimum atomic E-state index is -0.679. The van der Waals surface area contributed by atoms with Crippen molar-refractivity contribution in [3.05, 3.63) is 46.0 Å². The second-order valence-electron chi connectivity index (χ2n) is 6.23. The average molecular weight is 318 g/mol. The lowest BCUT2D eigenvalue weighted by Crippen LogP contribution is -2.55. The summed E-state index contributed by atoms with van der Waals surface area (Å²) in [5, 5.41) is 10.7.